The number of hydrogen-bond acceptors (Lipinski definition) is 7. The zero-order valence-corrected chi connectivity index (χ0v) is 13.9. The van der Waals surface area contributed by atoms with Gasteiger partial charge in [0.1, 0.15) is 5.75 Å². The van der Waals surface area contributed by atoms with Gasteiger partial charge in [-0.15, -0.1) is 0 Å². The summed E-state index contributed by atoms with van der Waals surface area (Å²) in [5.41, 5.74) is 0.742. The van der Waals surface area contributed by atoms with Crippen LogP contribution in [0.4, 0.5) is 13.2 Å². The third kappa shape index (κ3) is 5.03. The molecule has 0 atom stereocenters. The highest BCUT2D eigenvalue weighted by Gasteiger charge is 2.28. The lowest BCUT2D eigenvalue weighted by Gasteiger charge is -2.08. The van der Waals surface area contributed by atoms with Crippen LogP contribution in [0, 0.1) is 6.92 Å². The van der Waals surface area contributed by atoms with Crippen molar-refractivity contribution < 1.29 is 32.0 Å². The Hall–Kier alpha value is -3.43. The van der Waals surface area contributed by atoms with Crippen molar-refractivity contribution in [3.8, 4) is 23.0 Å². The van der Waals surface area contributed by atoms with Crippen LogP contribution in [0.25, 0.3) is 11.4 Å². The molecule has 2 heterocycles. The van der Waals surface area contributed by atoms with Gasteiger partial charge in [0.25, 0.3) is 0 Å². The molecule has 0 fully saturated rings. The number of rotatable bonds is 5. The minimum absolute atomic E-state index is 0.0622. The summed E-state index contributed by atoms with van der Waals surface area (Å²) in [6, 6.07) is 8.82. The van der Waals surface area contributed by atoms with Gasteiger partial charge in [0.05, 0.1) is 5.56 Å². The minimum Gasteiger partial charge on any atom is -0.468 e. The summed E-state index contributed by atoms with van der Waals surface area (Å²) in [7, 11) is 0. The SMILES string of the molecule is Cc1nc(-c2ccc(OC(=O)c3ccc(OCC(F)(F)F)nc3)cc2)no1. The second-order valence-corrected chi connectivity index (χ2v) is 5.34. The number of aryl methyl sites for hydroxylation is 1. The van der Waals surface area contributed by atoms with Crippen LogP contribution in [-0.2, 0) is 0 Å². The van der Waals surface area contributed by atoms with Crippen LogP contribution in [-0.4, -0.2) is 33.9 Å². The molecule has 0 amide bonds. The summed E-state index contributed by atoms with van der Waals surface area (Å²) >= 11 is 0. The fourth-order valence-corrected chi connectivity index (χ4v) is 2.00. The molecule has 0 saturated heterocycles. The molecule has 0 N–H and O–H groups in total. The maximum atomic E-state index is 12.1. The predicted octanol–water partition coefficient (Wildman–Crippen LogP) is 3.60. The van der Waals surface area contributed by atoms with E-state index in [0.29, 0.717) is 17.3 Å². The van der Waals surface area contributed by atoms with E-state index in [4.69, 9.17) is 9.26 Å². The summed E-state index contributed by atoms with van der Waals surface area (Å²) in [4.78, 5) is 19.8. The number of nitrogens with zero attached hydrogens (tertiary/aromatic N) is 3. The molecule has 7 nitrogen and oxygen atoms in total. The number of ether oxygens (including phenoxy) is 2. The van der Waals surface area contributed by atoms with Gasteiger partial charge in [-0.2, -0.15) is 18.2 Å². The van der Waals surface area contributed by atoms with E-state index in [-0.39, 0.29) is 17.2 Å². The fraction of sp³-hybridized carbons (Fsp3) is 0.176. The van der Waals surface area contributed by atoms with Crippen molar-refractivity contribution in [2.75, 3.05) is 6.61 Å². The van der Waals surface area contributed by atoms with Crippen molar-refractivity contribution >= 4 is 5.97 Å². The van der Waals surface area contributed by atoms with E-state index in [1.165, 1.54) is 6.07 Å². The van der Waals surface area contributed by atoms with Crippen molar-refractivity contribution in [1.82, 2.24) is 15.1 Å². The van der Waals surface area contributed by atoms with Crippen molar-refractivity contribution in [2.45, 2.75) is 13.1 Å². The normalized spacial score (nSPS) is 11.3. The number of pyridine rings is 1. The Morgan fingerprint density at radius 3 is 2.44 bits per heavy atom. The highest BCUT2D eigenvalue weighted by Crippen LogP contribution is 2.21. The van der Waals surface area contributed by atoms with Gasteiger partial charge in [-0.25, -0.2) is 9.78 Å². The van der Waals surface area contributed by atoms with Crippen LogP contribution in [0.3, 0.4) is 0 Å². The molecule has 3 aromatic rings. The van der Waals surface area contributed by atoms with E-state index in [0.717, 1.165) is 12.3 Å². The number of alkyl halides is 3. The van der Waals surface area contributed by atoms with Gasteiger partial charge in [0, 0.05) is 24.8 Å². The third-order valence-corrected chi connectivity index (χ3v) is 3.21. The molecule has 0 radical (unpaired) electrons. The zero-order valence-electron chi connectivity index (χ0n) is 13.9. The molecule has 0 spiro atoms. The molecule has 3 rings (SSSR count). The Morgan fingerprint density at radius 2 is 1.89 bits per heavy atom. The summed E-state index contributed by atoms with van der Waals surface area (Å²) in [6.07, 6.45) is -3.39. The topological polar surface area (TPSA) is 87.3 Å². The third-order valence-electron chi connectivity index (χ3n) is 3.21. The second-order valence-electron chi connectivity index (χ2n) is 5.34. The first-order valence-corrected chi connectivity index (χ1v) is 7.59. The van der Waals surface area contributed by atoms with E-state index in [9.17, 15) is 18.0 Å². The lowest BCUT2D eigenvalue weighted by molar-refractivity contribution is -0.154. The van der Waals surface area contributed by atoms with Gasteiger partial charge >= 0.3 is 12.1 Å². The Kier molecular flexibility index (Phi) is 5.06. The number of halogens is 3. The monoisotopic (exact) mass is 379 g/mol. The van der Waals surface area contributed by atoms with Crippen molar-refractivity contribution in [1.29, 1.82) is 0 Å². The Bertz CT molecular complexity index is 922. The van der Waals surface area contributed by atoms with Crippen LogP contribution in [0.15, 0.2) is 47.1 Å². The van der Waals surface area contributed by atoms with Crippen molar-refractivity contribution in [2.24, 2.45) is 0 Å². The van der Waals surface area contributed by atoms with Crippen molar-refractivity contribution in [3.05, 3.63) is 54.0 Å². The summed E-state index contributed by atoms with van der Waals surface area (Å²) in [6.45, 7) is 0.205. The van der Waals surface area contributed by atoms with Crippen LogP contribution >= 0.6 is 0 Å². The molecule has 27 heavy (non-hydrogen) atoms. The number of benzene rings is 1. The molecular weight excluding hydrogens is 367 g/mol. The quantitative estimate of drug-likeness (QED) is 0.494. The van der Waals surface area contributed by atoms with Crippen LogP contribution in [0.2, 0.25) is 0 Å². The average Bonchev–Trinajstić information content (AvgIpc) is 3.07. The van der Waals surface area contributed by atoms with Gasteiger partial charge in [-0.05, 0) is 30.3 Å². The van der Waals surface area contributed by atoms with E-state index >= 15 is 0 Å². The second kappa shape index (κ2) is 7.44. The van der Waals surface area contributed by atoms with Crippen molar-refractivity contribution in [3.63, 3.8) is 0 Å². The van der Waals surface area contributed by atoms with E-state index in [1.54, 1.807) is 31.2 Å². The Balaban J connectivity index is 1.61. The maximum Gasteiger partial charge on any atom is 0.422 e. The van der Waals surface area contributed by atoms with E-state index in [1.807, 2.05) is 0 Å². The number of carbonyl (C=O) groups is 1. The summed E-state index contributed by atoms with van der Waals surface area (Å²) in [5, 5.41) is 3.78. The van der Waals surface area contributed by atoms with E-state index < -0.39 is 18.8 Å². The highest BCUT2D eigenvalue weighted by atomic mass is 19.4. The molecule has 0 aliphatic heterocycles. The minimum atomic E-state index is -4.47. The Labute approximate surface area is 150 Å². The first-order valence-electron chi connectivity index (χ1n) is 7.59. The first kappa shape index (κ1) is 18.4. The molecule has 0 aliphatic rings. The predicted molar refractivity (Wildman–Crippen MR) is 85.2 cm³/mol. The molecule has 0 bridgehead atoms. The van der Waals surface area contributed by atoms with Gasteiger partial charge in [0.15, 0.2) is 6.61 Å². The van der Waals surface area contributed by atoms with Crippen LogP contribution < -0.4 is 9.47 Å². The van der Waals surface area contributed by atoms with Crippen LogP contribution in [0.5, 0.6) is 11.6 Å². The average molecular weight is 379 g/mol. The molecule has 0 aliphatic carbocycles. The molecule has 1 aromatic carbocycles. The van der Waals surface area contributed by atoms with E-state index in [2.05, 4.69) is 19.9 Å². The molecule has 0 saturated carbocycles. The standard InChI is InChI=1S/C17H12F3N3O4/c1-10-22-15(23-27-10)11-2-5-13(6-3-11)26-16(24)12-4-7-14(21-8-12)25-9-17(18,19)20/h2-8H,9H2,1H3. The highest BCUT2D eigenvalue weighted by molar-refractivity contribution is 5.90. The molecule has 140 valence electrons. The van der Waals surface area contributed by atoms with Gasteiger partial charge in [0.2, 0.25) is 17.6 Å². The summed E-state index contributed by atoms with van der Waals surface area (Å²) < 4.78 is 50.8. The first-order chi connectivity index (χ1) is 12.8. The lowest BCUT2D eigenvalue weighted by atomic mass is 10.2. The summed E-state index contributed by atoms with van der Waals surface area (Å²) in [5.74, 6) is 0.137. The lowest BCUT2D eigenvalue weighted by Crippen LogP contribution is -2.19. The fourth-order valence-electron chi connectivity index (χ4n) is 2.00. The molecule has 2 aromatic heterocycles. The van der Waals surface area contributed by atoms with Crippen LogP contribution in [0.1, 0.15) is 16.2 Å². The number of aromatic nitrogens is 3. The zero-order chi connectivity index (χ0) is 19.4. The smallest absolute Gasteiger partial charge is 0.422 e. The number of hydrogen-bond donors (Lipinski definition) is 0. The molecule has 0 unspecified atom stereocenters. The maximum absolute atomic E-state index is 12.1. The largest absolute Gasteiger partial charge is 0.468 e. The number of carbonyl (C=O) groups excluding carboxylic acids is 1. The van der Waals surface area contributed by atoms with Gasteiger partial charge in [-0.3, -0.25) is 0 Å². The number of esters is 1. The Morgan fingerprint density at radius 1 is 1.15 bits per heavy atom. The molecular formula is C17H12F3N3O4. The van der Waals surface area contributed by atoms with Gasteiger partial charge in [-0.1, -0.05) is 5.16 Å². The molecule has 10 heteroatoms. The van der Waals surface area contributed by atoms with Gasteiger partial charge < -0.3 is 14.0 Å².